The first-order chi connectivity index (χ1) is 8.65. The third-order valence-electron chi connectivity index (χ3n) is 3.67. The SMILES string of the molecule is Cc1cccc(C(=O)NCC2CCN(C)CC2)c1. The highest BCUT2D eigenvalue weighted by molar-refractivity contribution is 5.94. The molecule has 1 aromatic rings. The van der Waals surface area contributed by atoms with Gasteiger partial charge in [-0.2, -0.15) is 0 Å². The van der Waals surface area contributed by atoms with Gasteiger partial charge in [0.25, 0.3) is 5.91 Å². The number of nitrogens with one attached hydrogen (secondary N) is 1. The highest BCUT2D eigenvalue weighted by Crippen LogP contribution is 2.15. The van der Waals surface area contributed by atoms with E-state index in [1.54, 1.807) is 0 Å². The number of nitrogens with zero attached hydrogens (tertiary/aromatic N) is 1. The Balaban J connectivity index is 1.81. The van der Waals surface area contributed by atoms with Gasteiger partial charge in [-0.1, -0.05) is 17.7 Å². The number of amides is 1. The van der Waals surface area contributed by atoms with Gasteiger partial charge in [0.2, 0.25) is 0 Å². The van der Waals surface area contributed by atoms with Crippen LogP contribution in [0.3, 0.4) is 0 Å². The molecule has 1 aliphatic rings. The molecule has 2 rings (SSSR count). The van der Waals surface area contributed by atoms with E-state index < -0.39 is 0 Å². The lowest BCUT2D eigenvalue weighted by Gasteiger charge is -2.28. The van der Waals surface area contributed by atoms with Gasteiger partial charge in [-0.25, -0.2) is 0 Å². The zero-order valence-electron chi connectivity index (χ0n) is 11.3. The topological polar surface area (TPSA) is 32.3 Å². The molecule has 1 amide bonds. The summed E-state index contributed by atoms with van der Waals surface area (Å²) in [6.07, 6.45) is 2.37. The minimum Gasteiger partial charge on any atom is -0.352 e. The monoisotopic (exact) mass is 246 g/mol. The van der Waals surface area contributed by atoms with Gasteiger partial charge in [0.1, 0.15) is 0 Å². The Labute approximate surface area is 109 Å². The summed E-state index contributed by atoms with van der Waals surface area (Å²) in [5, 5.41) is 3.05. The normalized spacial score (nSPS) is 17.7. The van der Waals surface area contributed by atoms with E-state index in [-0.39, 0.29) is 5.91 Å². The van der Waals surface area contributed by atoms with Crippen molar-refractivity contribution in [3.63, 3.8) is 0 Å². The Kier molecular flexibility index (Phi) is 4.37. The molecule has 98 valence electrons. The van der Waals surface area contributed by atoms with E-state index in [0.29, 0.717) is 5.92 Å². The number of piperidine rings is 1. The Morgan fingerprint density at radius 2 is 2.11 bits per heavy atom. The van der Waals surface area contributed by atoms with Gasteiger partial charge in [0.15, 0.2) is 0 Å². The third-order valence-corrected chi connectivity index (χ3v) is 3.67. The van der Waals surface area contributed by atoms with Crippen LogP contribution in [0, 0.1) is 12.8 Å². The van der Waals surface area contributed by atoms with Gasteiger partial charge in [-0.05, 0) is 58.0 Å². The molecule has 3 nitrogen and oxygen atoms in total. The van der Waals surface area contributed by atoms with Crippen LogP contribution in [0.5, 0.6) is 0 Å². The maximum atomic E-state index is 12.0. The first kappa shape index (κ1) is 13.1. The van der Waals surface area contributed by atoms with E-state index in [0.717, 1.165) is 30.8 Å². The summed E-state index contributed by atoms with van der Waals surface area (Å²) in [6, 6.07) is 7.74. The second-order valence-electron chi connectivity index (χ2n) is 5.33. The van der Waals surface area contributed by atoms with Crippen molar-refractivity contribution in [1.82, 2.24) is 10.2 Å². The number of hydrogen-bond donors (Lipinski definition) is 1. The number of likely N-dealkylation sites (tertiary alicyclic amines) is 1. The van der Waals surface area contributed by atoms with Gasteiger partial charge < -0.3 is 10.2 Å². The van der Waals surface area contributed by atoms with Crippen LogP contribution in [0.25, 0.3) is 0 Å². The smallest absolute Gasteiger partial charge is 0.251 e. The van der Waals surface area contributed by atoms with Gasteiger partial charge in [-0.15, -0.1) is 0 Å². The Morgan fingerprint density at radius 3 is 2.78 bits per heavy atom. The van der Waals surface area contributed by atoms with Crippen molar-refractivity contribution >= 4 is 5.91 Å². The number of carbonyl (C=O) groups excluding carboxylic acids is 1. The van der Waals surface area contributed by atoms with Crippen molar-refractivity contribution in [1.29, 1.82) is 0 Å². The molecule has 1 N–H and O–H groups in total. The number of hydrogen-bond acceptors (Lipinski definition) is 2. The summed E-state index contributed by atoms with van der Waals surface area (Å²) in [4.78, 5) is 14.3. The van der Waals surface area contributed by atoms with Crippen LogP contribution in [-0.4, -0.2) is 37.5 Å². The second-order valence-corrected chi connectivity index (χ2v) is 5.33. The van der Waals surface area contributed by atoms with Crippen LogP contribution < -0.4 is 5.32 Å². The first-order valence-corrected chi connectivity index (χ1v) is 6.68. The largest absolute Gasteiger partial charge is 0.352 e. The molecule has 18 heavy (non-hydrogen) atoms. The van der Waals surface area contributed by atoms with Crippen molar-refractivity contribution in [3.8, 4) is 0 Å². The average Bonchev–Trinajstić information content (AvgIpc) is 2.38. The van der Waals surface area contributed by atoms with Crippen molar-refractivity contribution in [3.05, 3.63) is 35.4 Å². The molecule has 0 aliphatic carbocycles. The van der Waals surface area contributed by atoms with Gasteiger partial charge >= 0.3 is 0 Å². The van der Waals surface area contributed by atoms with E-state index in [1.807, 2.05) is 31.2 Å². The summed E-state index contributed by atoms with van der Waals surface area (Å²) in [5.41, 5.74) is 1.89. The van der Waals surface area contributed by atoms with Crippen molar-refractivity contribution in [2.24, 2.45) is 5.92 Å². The second kappa shape index (κ2) is 6.01. The molecule has 1 heterocycles. The average molecular weight is 246 g/mol. The number of aryl methyl sites for hydroxylation is 1. The molecule has 1 saturated heterocycles. The molecule has 0 unspecified atom stereocenters. The van der Waals surface area contributed by atoms with Crippen LogP contribution in [-0.2, 0) is 0 Å². The summed E-state index contributed by atoms with van der Waals surface area (Å²) < 4.78 is 0. The molecule has 0 saturated carbocycles. The Morgan fingerprint density at radius 1 is 1.39 bits per heavy atom. The molecule has 0 atom stereocenters. The lowest BCUT2D eigenvalue weighted by molar-refractivity contribution is 0.0939. The van der Waals surface area contributed by atoms with E-state index in [9.17, 15) is 4.79 Å². The summed E-state index contributed by atoms with van der Waals surface area (Å²) in [5.74, 6) is 0.688. The highest BCUT2D eigenvalue weighted by Gasteiger charge is 2.17. The van der Waals surface area contributed by atoms with Gasteiger partial charge in [0.05, 0.1) is 0 Å². The fraction of sp³-hybridized carbons (Fsp3) is 0.533. The van der Waals surface area contributed by atoms with Crippen LogP contribution in [0.4, 0.5) is 0 Å². The minimum atomic E-state index is 0.0534. The zero-order chi connectivity index (χ0) is 13.0. The summed E-state index contributed by atoms with van der Waals surface area (Å²) in [6.45, 7) is 5.10. The fourth-order valence-corrected chi connectivity index (χ4v) is 2.39. The Bertz CT molecular complexity index is 409. The number of rotatable bonds is 3. The van der Waals surface area contributed by atoms with Gasteiger partial charge in [-0.3, -0.25) is 4.79 Å². The quantitative estimate of drug-likeness (QED) is 0.885. The molecular weight excluding hydrogens is 224 g/mol. The maximum absolute atomic E-state index is 12.0. The molecule has 1 fully saturated rings. The van der Waals surface area contributed by atoms with E-state index in [2.05, 4.69) is 17.3 Å². The Hall–Kier alpha value is -1.35. The number of carbonyl (C=O) groups is 1. The first-order valence-electron chi connectivity index (χ1n) is 6.68. The van der Waals surface area contributed by atoms with Crippen LogP contribution in [0.2, 0.25) is 0 Å². The lowest BCUT2D eigenvalue weighted by atomic mass is 9.97. The predicted molar refractivity (Wildman–Crippen MR) is 73.7 cm³/mol. The molecule has 1 aromatic carbocycles. The zero-order valence-corrected chi connectivity index (χ0v) is 11.3. The minimum absolute atomic E-state index is 0.0534. The predicted octanol–water partition coefficient (Wildman–Crippen LogP) is 2.07. The van der Waals surface area contributed by atoms with Crippen LogP contribution in [0.1, 0.15) is 28.8 Å². The molecule has 0 radical (unpaired) electrons. The molecule has 1 aliphatic heterocycles. The van der Waals surface area contributed by atoms with E-state index in [4.69, 9.17) is 0 Å². The standard InChI is InChI=1S/C15H22N2O/c1-12-4-3-5-14(10-12)15(18)16-11-13-6-8-17(2)9-7-13/h3-5,10,13H,6-9,11H2,1-2H3,(H,16,18). The van der Waals surface area contributed by atoms with Gasteiger partial charge in [0, 0.05) is 12.1 Å². The summed E-state index contributed by atoms with van der Waals surface area (Å²) >= 11 is 0. The lowest BCUT2D eigenvalue weighted by Crippen LogP contribution is -2.36. The molecule has 0 spiro atoms. The molecule has 3 heteroatoms. The van der Waals surface area contributed by atoms with Crippen molar-refractivity contribution in [2.75, 3.05) is 26.7 Å². The fourth-order valence-electron chi connectivity index (χ4n) is 2.39. The van der Waals surface area contributed by atoms with E-state index >= 15 is 0 Å². The molecular formula is C15H22N2O. The van der Waals surface area contributed by atoms with Crippen molar-refractivity contribution < 1.29 is 4.79 Å². The van der Waals surface area contributed by atoms with Crippen LogP contribution in [0.15, 0.2) is 24.3 Å². The maximum Gasteiger partial charge on any atom is 0.251 e. The molecule has 0 aromatic heterocycles. The van der Waals surface area contributed by atoms with Crippen molar-refractivity contribution in [2.45, 2.75) is 19.8 Å². The molecule has 0 bridgehead atoms. The van der Waals surface area contributed by atoms with E-state index in [1.165, 1.54) is 12.8 Å². The van der Waals surface area contributed by atoms with Crippen LogP contribution >= 0.6 is 0 Å². The summed E-state index contributed by atoms with van der Waals surface area (Å²) in [7, 11) is 2.15. The number of benzene rings is 1. The highest BCUT2D eigenvalue weighted by atomic mass is 16.1. The third kappa shape index (κ3) is 3.57.